The molecule has 0 saturated carbocycles. The van der Waals surface area contributed by atoms with Crippen LogP contribution in [0.15, 0.2) is 47.8 Å². The van der Waals surface area contributed by atoms with Gasteiger partial charge in [-0.3, -0.25) is 9.69 Å². The molecular formula is C24H22F2N2O4S. The Kier molecular flexibility index (Phi) is 6.15. The molecule has 0 N–H and O–H groups in total. The van der Waals surface area contributed by atoms with Gasteiger partial charge in [0.05, 0.1) is 4.88 Å². The average Bonchev–Trinajstić information content (AvgIpc) is 3.50. The van der Waals surface area contributed by atoms with Gasteiger partial charge in [-0.2, -0.15) is 0 Å². The predicted octanol–water partition coefficient (Wildman–Crippen LogP) is 4.29. The maximum Gasteiger partial charge on any atom is 0.264 e. The van der Waals surface area contributed by atoms with Crippen molar-refractivity contribution in [3.63, 3.8) is 0 Å². The van der Waals surface area contributed by atoms with Crippen LogP contribution in [0.25, 0.3) is 0 Å². The van der Waals surface area contributed by atoms with E-state index in [-0.39, 0.29) is 12.7 Å². The Morgan fingerprint density at radius 1 is 1.03 bits per heavy atom. The first-order valence-electron chi connectivity index (χ1n) is 10.6. The number of fused-ring (bicyclic) bond motifs is 1. The molecule has 1 amide bonds. The van der Waals surface area contributed by atoms with Crippen LogP contribution in [0.5, 0.6) is 17.2 Å². The first-order chi connectivity index (χ1) is 16.1. The monoisotopic (exact) mass is 472 g/mol. The number of nitrogens with zero attached hydrogens (tertiary/aromatic N) is 2. The molecule has 5 rings (SSSR count). The zero-order valence-corrected chi connectivity index (χ0v) is 18.6. The zero-order valence-electron chi connectivity index (χ0n) is 17.8. The van der Waals surface area contributed by atoms with Crippen molar-refractivity contribution in [2.75, 3.05) is 33.0 Å². The SMILES string of the molecule is O=C(c1cc(COc2ccc3c(c2)OCO3)cs1)N1CCN(Cc2cccc(F)c2F)CC1. The maximum absolute atomic E-state index is 13.9. The number of thiophene rings is 1. The van der Waals surface area contributed by atoms with Gasteiger partial charge in [-0.1, -0.05) is 12.1 Å². The highest BCUT2D eigenvalue weighted by Crippen LogP contribution is 2.35. The van der Waals surface area contributed by atoms with Gasteiger partial charge >= 0.3 is 0 Å². The highest BCUT2D eigenvalue weighted by Gasteiger charge is 2.24. The van der Waals surface area contributed by atoms with Crippen LogP contribution in [0.2, 0.25) is 0 Å². The molecule has 0 aliphatic carbocycles. The molecular weight excluding hydrogens is 450 g/mol. The minimum atomic E-state index is -0.836. The van der Waals surface area contributed by atoms with Crippen molar-refractivity contribution in [1.82, 2.24) is 9.80 Å². The Hall–Kier alpha value is -3.17. The normalized spacial score (nSPS) is 15.6. The quantitative estimate of drug-likeness (QED) is 0.536. The summed E-state index contributed by atoms with van der Waals surface area (Å²) in [5.41, 5.74) is 1.25. The lowest BCUT2D eigenvalue weighted by molar-refractivity contribution is 0.0631. The summed E-state index contributed by atoms with van der Waals surface area (Å²) in [4.78, 5) is 17.4. The number of rotatable bonds is 6. The van der Waals surface area contributed by atoms with Crippen molar-refractivity contribution in [2.24, 2.45) is 0 Å². The molecule has 3 aromatic rings. The smallest absolute Gasteiger partial charge is 0.264 e. The van der Waals surface area contributed by atoms with Crippen LogP contribution in [0, 0.1) is 11.6 Å². The minimum absolute atomic E-state index is 0.0223. The molecule has 6 nitrogen and oxygen atoms in total. The Balaban J connectivity index is 1.13. The molecule has 0 unspecified atom stereocenters. The van der Waals surface area contributed by atoms with Crippen LogP contribution in [-0.2, 0) is 13.2 Å². The summed E-state index contributed by atoms with van der Waals surface area (Å²) in [6.07, 6.45) is 0. The molecule has 1 fully saturated rings. The maximum atomic E-state index is 13.9. The van der Waals surface area contributed by atoms with Gasteiger partial charge in [0.15, 0.2) is 23.1 Å². The number of ether oxygens (including phenoxy) is 3. The summed E-state index contributed by atoms with van der Waals surface area (Å²) >= 11 is 1.39. The molecule has 33 heavy (non-hydrogen) atoms. The number of benzene rings is 2. The number of hydrogen-bond acceptors (Lipinski definition) is 6. The summed E-state index contributed by atoms with van der Waals surface area (Å²) in [7, 11) is 0. The topological polar surface area (TPSA) is 51.2 Å². The van der Waals surface area contributed by atoms with Crippen molar-refractivity contribution >= 4 is 17.2 Å². The van der Waals surface area contributed by atoms with Gasteiger partial charge in [0.25, 0.3) is 5.91 Å². The van der Waals surface area contributed by atoms with E-state index in [1.54, 1.807) is 17.0 Å². The molecule has 172 valence electrons. The van der Waals surface area contributed by atoms with Crippen molar-refractivity contribution in [2.45, 2.75) is 13.2 Å². The molecule has 0 radical (unpaired) electrons. The molecule has 2 aliphatic rings. The summed E-state index contributed by atoms with van der Waals surface area (Å²) in [6.45, 7) is 3.17. The molecule has 0 atom stereocenters. The van der Waals surface area contributed by atoms with Crippen LogP contribution >= 0.6 is 11.3 Å². The van der Waals surface area contributed by atoms with Gasteiger partial charge < -0.3 is 19.1 Å². The Morgan fingerprint density at radius 2 is 1.85 bits per heavy atom. The van der Waals surface area contributed by atoms with Crippen LogP contribution in [0.1, 0.15) is 20.8 Å². The van der Waals surface area contributed by atoms with Crippen LogP contribution in [0.4, 0.5) is 8.78 Å². The molecule has 2 aromatic carbocycles. The summed E-state index contributed by atoms with van der Waals surface area (Å²) in [6, 6.07) is 11.5. The number of halogens is 2. The Labute approximate surface area is 193 Å². The second-order valence-corrected chi connectivity index (χ2v) is 8.82. The van der Waals surface area contributed by atoms with E-state index >= 15 is 0 Å². The van der Waals surface area contributed by atoms with Gasteiger partial charge in [0, 0.05) is 49.9 Å². The second-order valence-electron chi connectivity index (χ2n) is 7.90. The van der Waals surface area contributed by atoms with Gasteiger partial charge in [-0.15, -0.1) is 11.3 Å². The summed E-state index contributed by atoms with van der Waals surface area (Å²) in [5, 5.41) is 1.92. The van der Waals surface area contributed by atoms with Crippen molar-refractivity contribution in [3.05, 3.63) is 75.5 Å². The lowest BCUT2D eigenvalue weighted by atomic mass is 10.1. The molecule has 9 heteroatoms. The first-order valence-corrected chi connectivity index (χ1v) is 11.5. The van der Waals surface area contributed by atoms with E-state index in [0.29, 0.717) is 67.0 Å². The highest BCUT2D eigenvalue weighted by atomic mass is 32.1. The fourth-order valence-electron chi connectivity index (χ4n) is 3.87. The van der Waals surface area contributed by atoms with E-state index < -0.39 is 11.6 Å². The fraction of sp³-hybridized carbons (Fsp3) is 0.292. The van der Waals surface area contributed by atoms with E-state index in [0.717, 1.165) is 11.6 Å². The summed E-state index contributed by atoms with van der Waals surface area (Å²) < 4.78 is 43.8. The zero-order chi connectivity index (χ0) is 22.8. The van der Waals surface area contributed by atoms with Gasteiger partial charge in [-0.25, -0.2) is 8.78 Å². The number of carbonyl (C=O) groups excluding carboxylic acids is 1. The van der Waals surface area contributed by atoms with Crippen LogP contribution in [0.3, 0.4) is 0 Å². The third kappa shape index (κ3) is 4.79. The van der Waals surface area contributed by atoms with E-state index in [2.05, 4.69) is 0 Å². The second kappa shape index (κ2) is 9.36. The fourth-order valence-corrected chi connectivity index (χ4v) is 4.74. The molecule has 1 saturated heterocycles. The number of amides is 1. The first kappa shape index (κ1) is 21.7. The van der Waals surface area contributed by atoms with E-state index in [1.807, 2.05) is 28.5 Å². The minimum Gasteiger partial charge on any atom is -0.489 e. The van der Waals surface area contributed by atoms with Gasteiger partial charge in [-0.05, 0) is 29.6 Å². The van der Waals surface area contributed by atoms with E-state index in [1.165, 1.54) is 17.4 Å². The lowest BCUT2D eigenvalue weighted by Crippen LogP contribution is -2.48. The van der Waals surface area contributed by atoms with Crippen molar-refractivity contribution in [1.29, 1.82) is 0 Å². The van der Waals surface area contributed by atoms with Gasteiger partial charge in [0.2, 0.25) is 6.79 Å². The van der Waals surface area contributed by atoms with Crippen molar-refractivity contribution < 1.29 is 27.8 Å². The molecule has 0 spiro atoms. The molecule has 0 bridgehead atoms. The molecule has 3 heterocycles. The predicted molar refractivity (Wildman–Crippen MR) is 119 cm³/mol. The average molecular weight is 473 g/mol. The number of carbonyl (C=O) groups is 1. The van der Waals surface area contributed by atoms with Crippen molar-refractivity contribution in [3.8, 4) is 17.2 Å². The standard InChI is InChI=1S/C24H22F2N2O4S/c25-19-3-1-2-17(23(19)26)12-27-6-8-28(9-7-27)24(29)22-10-16(14-33-22)13-30-18-4-5-20-21(11-18)32-15-31-20/h1-5,10-11,14H,6-9,12-13,15H2. The Morgan fingerprint density at radius 3 is 2.70 bits per heavy atom. The van der Waals surface area contributed by atoms with Gasteiger partial charge in [0.1, 0.15) is 12.4 Å². The largest absolute Gasteiger partial charge is 0.489 e. The molecule has 2 aliphatic heterocycles. The van der Waals surface area contributed by atoms with Crippen LogP contribution < -0.4 is 14.2 Å². The van der Waals surface area contributed by atoms with E-state index in [4.69, 9.17) is 14.2 Å². The highest BCUT2D eigenvalue weighted by molar-refractivity contribution is 7.12. The third-order valence-electron chi connectivity index (χ3n) is 5.70. The molecule has 1 aromatic heterocycles. The number of hydrogen-bond donors (Lipinski definition) is 0. The number of piperazine rings is 1. The lowest BCUT2D eigenvalue weighted by Gasteiger charge is -2.34. The summed E-state index contributed by atoms with van der Waals surface area (Å²) in [5.74, 6) is 0.373. The van der Waals surface area contributed by atoms with Crippen LogP contribution in [-0.4, -0.2) is 48.7 Å². The van der Waals surface area contributed by atoms with E-state index in [9.17, 15) is 13.6 Å². The third-order valence-corrected chi connectivity index (χ3v) is 6.67. The Bertz CT molecular complexity index is 1160.